The molecular weight excluding hydrogens is 280 g/mol. The Morgan fingerprint density at radius 2 is 2.05 bits per heavy atom. The van der Waals surface area contributed by atoms with Crippen LogP contribution in [-0.4, -0.2) is 25.5 Å². The van der Waals surface area contributed by atoms with Gasteiger partial charge >= 0.3 is 5.97 Å². The SMILES string of the molecule is N#Cc1ccccc1S(=O)(=O)NC1CCCC1C(=O)O. The van der Waals surface area contributed by atoms with E-state index >= 15 is 0 Å². The Hall–Kier alpha value is -1.91. The smallest absolute Gasteiger partial charge is 0.308 e. The Labute approximate surface area is 117 Å². The van der Waals surface area contributed by atoms with E-state index < -0.39 is 28.0 Å². The van der Waals surface area contributed by atoms with Gasteiger partial charge in [0, 0.05) is 6.04 Å². The third-order valence-corrected chi connectivity index (χ3v) is 4.98. The molecule has 1 saturated carbocycles. The molecule has 1 aromatic carbocycles. The van der Waals surface area contributed by atoms with Gasteiger partial charge in [0.1, 0.15) is 6.07 Å². The largest absolute Gasteiger partial charge is 0.481 e. The molecule has 1 fully saturated rings. The number of carboxylic acid groups (broad SMARTS) is 1. The van der Waals surface area contributed by atoms with Crippen LogP contribution in [0.5, 0.6) is 0 Å². The topological polar surface area (TPSA) is 107 Å². The first-order chi connectivity index (χ1) is 9.45. The minimum Gasteiger partial charge on any atom is -0.481 e. The van der Waals surface area contributed by atoms with E-state index in [-0.39, 0.29) is 10.5 Å². The second-order valence-corrected chi connectivity index (χ2v) is 6.39. The fourth-order valence-corrected chi connectivity index (χ4v) is 3.92. The Balaban J connectivity index is 2.28. The molecule has 106 valence electrons. The van der Waals surface area contributed by atoms with Gasteiger partial charge in [0.2, 0.25) is 10.0 Å². The molecule has 1 aromatic rings. The number of carboxylic acids is 1. The maximum Gasteiger partial charge on any atom is 0.308 e. The lowest BCUT2D eigenvalue weighted by Gasteiger charge is -2.18. The minimum absolute atomic E-state index is 0.0462. The van der Waals surface area contributed by atoms with Crippen LogP contribution in [0.3, 0.4) is 0 Å². The highest BCUT2D eigenvalue weighted by Crippen LogP contribution is 2.27. The molecule has 2 N–H and O–H groups in total. The lowest BCUT2D eigenvalue weighted by molar-refractivity contribution is -0.141. The second-order valence-electron chi connectivity index (χ2n) is 4.71. The Kier molecular flexibility index (Phi) is 4.06. The number of rotatable bonds is 4. The number of hydrogen-bond donors (Lipinski definition) is 2. The standard InChI is InChI=1S/C13H14N2O4S/c14-8-9-4-1-2-7-12(9)20(18,19)15-11-6-3-5-10(11)13(16)17/h1-2,4,7,10-11,15H,3,5-6H2,(H,16,17). The van der Waals surface area contributed by atoms with Crippen LogP contribution in [-0.2, 0) is 14.8 Å². The highest BCUT2D eigenvalue weighted by Gasteiger charge is 2.36. The molecular formula is C13H14N2O4S. The molecule has 2 unspecified atom stereocenters. The number of aliphatic carboxylic acids is 1. The normalized spacial score (nSPS) is 22.4. The van der Waals surface area contributed by atoms with Crippen molar-refractivity contribution in [2.24, 2.45) is 5.92 Å². The summed E-state index contributed by atoms with van der Waals surface area (Å²) in [4.78, 5) is 11.0. The summed E-state index contributed by atoms with van der Waals surface area (Å²) in [7, 11) is -3.89. The van der Waals surface area contributed by atoms with E-state index in [1.165, 1.54) is 18.2 Å². The zero-order valence-electron chi connectivity index (χ0n) is 10.6. The van der Waals surface area contributed by atoms with Gasteiger partial charge < -0.3 is 5.11 Å². The molecule has 0 amide bonds. The summed E-state index contributed by atoms with van der Waals surface area (Å²) < 4.78 is 27.0. The van der Waals surface area contributed by atoms with Gasteiger partial charge in [-0.05, 0) is 25.0 Å². The van der Waals surface area contributed by atoms with Crippen LogP contribution >= 0.6 is 0 Å². The summed E-state index contributed by atoms with van der Waals surface area (Å²) in [5.41, 5.74) is 0.0462. The van der Waals surface area contributed by atoms with Gasteiger partial charge in [0.25, 0.3) is 0 Å². The number of nitrogens with zero attached hydrogens (tertiary/aromatic N) is 1. The maximum atomic E-state index is 12.3. The minimum atomic E-state index is -3.89. The molecule has 2 rings (SSSR count). The number of nitrogens with one attached hydrogen (secondary N) is 1. The summed E-state index contributed by atoms with van der Waals surface area (Å²) >= 11 is 0. The van der Waals surface area contributed by atoms with E-state index in [2.05, 4.69) is 4.72 Å². The molecule has 20 heavy (non-hydrogen) atoms. The van der Waals surface area contributed by atoms with Crippen molar-refractivity contribution in [1.82, 2.24) is 4.72 Å². The first-order valence-electron chi connectivity index (χ1n) is 6.20. The van der Waals surface area contributed by atoms with Crippen LogP contribution in [0.4, 0.5) is 0 Å². The van der Waals surface area contributed by atoms with Crippen molar-refractivity contribution in [2.45, 2.75) is 30.2 Å². The third kappa shape index (κ3) is 2.81. The molecule has 0 radical (unpaired) electrons. The molecule has 0 heterocycles. The quantitative estimate of drug-likeness (QED) is 0.864. The molecule has 0 aliphatic heterocycles. The third-order valence-electron chi connectivity index (χ3n) is 3.44. The van der Waals surface area contributed by atoms with E-state index in [9.17, 15) is 13.2 Å². The summed E-state index contributed by atoms with van der Waals surface area (Å²) in [5.74, 6) is -1.71. The van der Waals surface area contributed by atoms with Gasteiger partial charge in [0.15, 0.2) is 0 Å². The van der Waals surface area contributed by atoms with E-state index in [0.717, 1.165) is 0 Å². The molecule has 6 nitrogen and oxygen atoms in total. The van der Waals surface area contributed by atoms with Crippen LogP contribution < -0.4 is 4.72 Å². The van der Waals surface area contributed by atoms with Crippen molar-refractivity contribution in [2.75, 3.05) is 0 Å². The summed E-state index contributed by atoms with van der Waals surface area (Å²) in [5, 5.41) is 18.0. The van der Waals surface area contributed by atoms with Gasteiger partial charge in [-0.15, -0.1) is 0 Å². The number of carbonyl (C=O) groups is 1. The second kappa shape index (κ2) is 5.61. The van der Waals surface area contributed by atoms with Crippen molar-refractivity contribution in [3.63, 3.8) is 0 Å². The number of benzene rings is 1. The van der Waals surface area contributed by atoms with Crippen molar-refractivity contribution in [1.29, 1.82) is 5.26 Å². The molecule has 0 bridgehead atoms. The van der Waals surface area contributed by atoms with E-state index in [1.54, 1.807) is 6.07 Å². The number of nitriles is 1. The average molecular weight is 294 g/mol. The molecule has 0 saturated heterocycles. The lowest BCUT2D eigenvalue weighted by atomic mass is 10.1. The fraction of sp³-hybridized carbons (Fsp3) is 0.385. The monoisotopic (exact) mass is 294 g/mol. The first kappa shape index (κ1) is 14.5. The van der Waals surface area contributed by atoms with Crippen LogP contribution in [0.15, 0.2) is 29.2 Å². The summed E-state index contributed by atoms with van der Waals surface area (Å²) in [6.07, 6.45) is 1.62. The van der Waals surface area contributed by atoms with E-state index in [4.69, 9.17) is 10.4 Å². The van der Waals surface area contributed by atoms with Crippen LogP contribution in [0.25, 0.3) is 0 Å². The molecule has 0 aromatic heterocycles. The molecule has 7 heteroatoms. The van der Waals surface area contributed by atoms with Crippen molar-refractivity contribution < 1.29 is 18.3 Å². The molecule has 1 aliphatic rings. The zero-order valence-corrected chi connectivity index (χ0v) is 11.4. The Morgan fingerprint density at radius 3 is 2.70 bits per heavy atom. The van der Waals surface area contributed by atoms with Gasteiger partial charge in [-0.3, -0.25) is 4.79 Å². The highest BCUT2D eigenvalue weighted by molar-refractivity contribution is 7.89. The van der Waals surface area contributed by atoms with E-state index in [0.29, 0.717) is 19.3 Å². The molecule has 0 spiro atoms. The molecule has 1 aliphatic carbocycles. The van der Waals surface area contributed by atoms with Gasteiger partial charge in [-0.2, -0.15) is 5.26 Å². The maximum absolute atomic E-state index is 12.3. The van der Waals surface area contributed by atoms with Gasteiger partial charge in [-0.25, -0.2) is 13.1 Å². The number of hydrogen-bond acceptors (Lipinski definition) is 4. The Morgan fingerprint density at radius 1 is 1.35 bits per heavy atom. The number of sulfonamides is 1. The van der Waals surface area contributed by atoms with Gasteiger partial charge in [-0.1, -0.05) is 18.6 Å². The molecule has 2 atom stereocenters. The summed E-state index contributed by atoms with van der Waals surface area (Å²) in [6, 6.07) is 7.06. The predicted molar refractivity (Wildman–Crippen MR) is 70.2 cm³/mol. The highest BCUT2D eigenvalue weighted by atomic mass is 32.2. The van der Waals surface area contributed by atoms with Crippen LogP contribution in [0.2, 0.25) is 0 Å². The van der Waals surface area contributed by atoms with Crippen molar-refractivity contribution >= 4 is 16.0 Å². The fourth-order valence-electron chi connectivity index (χ4n) is 2.45. The predicted octanol–water partition coefficient (Wildman–Crippen LogP) is 1.09. The summed E-state index contributed by atoms with van der Waals surface area (Å²) in [6.45, 7) is 0. The zero-order chi connectivity index (χ0) is 14.8. The van der Waals surface area contributed by atoms with E-state index in [1.807, 2.05) is 6.07 Å². The van der Waals surface area contributed by atoms with Crippen molar-refractivity contribution in [3.05, 3.63) is 29.8 Å². The average Bonchev–Trinajstić information content (AvgIpc) is 2.86. The van der Waals surface area contributed by atoms with Gasteiger partial charge in [0.05, 0.1) is 16.4 Å². The lowest BCUT2D eigenvalue weighted by Crippen LogP contribution is -2.40. The van der Waals surface area contributed by atoms with Crippen LogP contribution in [0.1, 0.15) is 24.8 Å². The first-order valence-corrected chi connectivity index (χ1v) is 7.68. The van der Waals surface area contributed by atoms with Crippen LogP contribution in [0, 0.1) is 17.2 Å². The van der Waals surface area contributed by atoms with Crippen molar-refractivity contribution in [3.8, 4) is 6.07 Å². The Bertz CT molecular complexity index is 663.